The molecule has 0 unspecified atom stereocenters. The molecular weight excluding hydrogens is 566 g/mol. The summed E-state index contributed by atoms with van der Waals surface area (Å²) in [4.78, 5) is 46.2. The van der Waals surface area contributed by atoms with Gasteiger partial charge in [-0.3, -0.25) is 4.79 Å². The number of amides is 4. The highest BCUT2D eigenvalue weighted by Gasteiger charge is 2.36. The molecule has 0 aliphatic carbocycles. The minimum Gasteiger partial charge on any atom is -0.436 e. The van der Waals surface area contributed by atoms with Crippen LogP contribution in [0.3, 0.4) is 0 Å². The highest BCUT2D eigenvalue weighted by Crippen LogP contribution is 2.31. The van der Waals surface area contributed by atoms with Crippen molar-refractivity contribution in [2.75, 3.05) is 51.1 Å². The fourth-order valence-corrected chi connectivity index (χ4v) is 7.99. The molecule has 4 amide bonds. The van der Waals surface area contributed by atoms with Crippen LogP contribution in [0.4, 0.5) is 15.3 Å². The third kappa shape index (κ3) is 7.63. The number of benzene rings is 2. The van der Waals surface area contributed by atoms with Crippen molar-refractivity contribution in [3.63, 3.8) is 0 Å². The molecule has 3 saturated heterocycles. The lowest BCUT2D eigenvalue weighted by Gasteiger charge is -2.39. The van der Waals surface area contributed by atoms with E-state index in [4.69, 9.17) is 4.74 Å². The average Bonchev–Trinajstić information content (AvgIpc) is 3.22. The Kier molecular flexibility index (Phi) is 9.93. The number of likely N-dealkylation sites (tertiary alicyclic amines) is 2. The fraction of sp³-hybridized carbons (Fsp3) is 0.583. The number of fused-ring (bicyclic) bond motifs is 1. The normalized spacial score (nSPS) is 21.1. The SMILES string of the molecule is Cc1cc(C)cc(C[C@@H](OC(=O)N2CCC(N3CCc4ccccc4NC3=O)CC2)C(=O)N2CCC(C3CCNCC3)CC2)c1. The van der Waals surface area contributed by atoms with Crippen LogP contribution in [-0.4, -0.2) is 90.7 Å². The highest BCUT2D eigenvalue weighted by atomic mass is 16.6. The van der Waals surface area contributed by atoms with Gasteiger partial charge in [0, 0.05) is 50.9 Å². The number of rotatable bonds is 6. The maximum atomic E-state index is 14.0. The molecule has 4 heterocycles. The number of carbonyl (C=O) groups is 3. The first-order valence-electron chi connectivity index (χ1n) is 17.0. The lowest BCUT2D eigenvalue weighted by molar-refractivity contribution is -0.142. The van der Waals surface area contributed by atoms with Crippen molar-refractivity contribution < 1.29 is 19.1 Å². The Morgan fingerprint density at radius 1 is 0.844 bits per heavy atom. The van der Waals surface area contributed by atoms with Gasteiger partial charge in [0.05, 0.1) is 0 Å². The number of anilines is 1. The van der Waals surface area contributed by atoms with Gasteiger partial charge in [0.15, 0.2) is 6.10 Å². The van der Waals surface area contributed by atoms with Gasteiger partial charge in [0.1, 0.15) is 0 Å². The second-order valence-corrected chi connectivity index (χ2v) is 13.6. The number of ether oxygens (including phenoxy) is 1. The predicted octanol–water partition coefficient (Wildman–Crippen LogP) is 5.14. The third-order valence-electron chi connectivity index (χ3n) is 10.4. The largest absolute Gasteiger partial charge is 0.436 e. The van der Waals surface area contributed by atoms with Crippen molar-refractivity contribution in [3.8, 4) is 0 Å². The number of piperidine rings is 3. The molecule has 0 aromatic heterocycles. The number of nitrogens with one attached hydrogen (secondary N) is 2. The molecule has 1 atom stereocenters. The van der Waals surface area contributed by atoms with Crippen molar-refractivity contribution in [1.29, 1.82) is 0 Å². The lowest BCUT2D eigenvalue weighted by atomic mass is 9.79. The molecule has 242 valence electrons. The van der Waals surface area contributed by atoms with Crippen LogP contribution in [0.5, 0.6) is 0 Å². The van der Waals surface area contributed by atoms with E-state index < -0.39 is 12.2 Å². The monoisotopic (exact) mass is 615 g/mol. The minimum atomic E-state index is -0.859. The lowest BCUT2D eigenvalue weighted by Crippen LogP contribution is -2.52. The Hall–Kier alpha value is -3.59. The van der Waals surface area contributed by atoms with Crippen molar-refractivity contribution >= 4 is 23.7 Å². The summed E-state index contributed by atoms with van der Waals surface area (Å²) in [6.45, 7) is 9.37. The van der Waals surface area contributed by atoms with Gasteiger partial charge in [-0.05, 0) is 101 Å². The van der Waals surface area contributed by atoms with Crippen LogP contribution < -0.4 is 10.6 Å². The van der Waals surface area contributed by atoms with Gasteiger partial charge < -0.3 is 30.1 Å². The molecular formula is C36H49N5O4. The zero-order chi connectivity index (χ0) is 31.3. The second kappa shape index (κ2) is 14.2. The van der Waals surface area contributed by atoms with Gasteiger partial charge in [-0.2, -0.15) is 0 Å². The Morgan fingerprint density at radius 3 is 2.20 bits per heavy atom. The number of nitrogens with zero attached hydrogens (tertiary/aromatic N) is 3. The van der Waals surface area contributed by atoms with Gasteiger partial charge in [0.25, 0.3) is 5.91 Å². The Bertz CT molecular complexity index is 1340. The second-order valence-electron chi connectivity index (χ2n) is 13.6. The first kappa shape index (κ1) is 31.4. The van der Waals surface area contributed by atoms with Crippen molar-refractivity contribution in [2.45, 2.75) is 77.4 Å². The van der Waals surface area contributed by atoms with Crippen LogP contribution in [0.15, 0.2) is 42.5 Å². The van der Waals surface area contributed by atoms with Gasteiger partial charge in [-0.15, -0.1) is 0 Å². The van der Waals surface area contributed by atoms with Gasteiger partial charge in [0.2, 0.25) is 0 Å². The van der Waals surface area contributed by atoms with E-state index in [2.05, 4.69) is 48.7 Å². The fourth-order valence-electron chi connectivity index (χ4n) is 7.99. The molecule has 9 heteroatoms. The van der Waals surface area contributed by atoms with Crippen LogP contribution in [0.2, 0.25) is 0 Å². The summed E-state index contributed by atoms with van der Waals surface area (Å²) in [6, 6.07) is 14.2. The molecule has 0 saturated carbocycles. The topological polar surface area (TPSA) is 94.2 Å². The van der Waals surface area contributed by atoms with Crippen molar-refractivity contribution in [1.82, 2.24) is 20.0 Å². The molecule has 2 aromatic rings. The van der Waals surface area contributed by atoms with E-state index >= 15 is 0 Å². The van der Waals surface area contributed by atoms with Crippen LogP contribution in [0.25, 0.3) is 0 Å². The summed E-state index contributed by atoms with van der Waals surface area (Å²) < 4.78 is 6.09. The molecule has 4 aliphatic rings. The zero-order valence-corrected chi connectivity index (χ0v) is 26.9. The maximum absolute atomic E-state index is 14.0. The van der Waals surface area contributed by atoms with E-state index in [1.165, 1.54) is 12.8 Å². The molecule has 45 heavy (non-hydrogen) atoms. The number of aryl methyl sites for hydroxylation is 2. The van der Waals surface area contributed by atoms with Gasteiger partial charge >= 0.3 is 12.1 Å². The van der Waals surface area contributed by atoms with E-state index in [1.54, 1.807) is 4.90 Å². The van der Waals surface area contributed by atoms with Crippen LogP contribution >= 0.6 is 0 Å². The molecule has 2 aromatic carbocycles. The molecule has 0 spiro atoms. The highest BCUT2D eigenvalue weighted by molar-refractivity contribution is 5.91. The van der Waals surface area contributed by atoms with Crippen LogP contribution in [0.1, 0.15) is 60.8 Å². The quantitative estimate of drug-likeness (QED) is 0.469. The van der Waals surface area contributed by atoms with Crippen molar-refractivity contribution in [3.05, 3.63) is 64.7 Å². The summed E-state index contributed by atoms with van der Waals surface area (Å²) in [5, 5.41) is 6.52. The summed E-state index contributed by atoms with van der Waals surface area (Å²) in [5.74, 6) is 1.33. The Balaban J connectivity index is 1.07. The molecule has 9 nitrogen and oxygen atoms in total. The number of hydrogen-bond donors (Lipinski definition) is 2. The molecule has 2 N–H and O–H groups in total. The average molecular weight is 616 g/mol. The van der Waals surface area contributed by atoms with E-state index in [0.29, 0.717) is 44.8 Å². The van der Waals surface area contributed by atoms with Crippen molar-refractivity contribution in [2.24, 2.45) is 11.8 Å². The standard InChI is InChI=1S/C36H49N5O4/c1-25-21-26(2)23-27(22-25)24-33(34(42)39-16-9-29(10-17-39)28-7-14-37-15-8-28)45-36(44)40-18-12-31(13-19-40)41-20-11-30-5-3-4-6-32(30)38-35(41)43/h3-6,21-23,28-29,31,33,37H,7-20,24H2,1-2H3,(H,38,43)/t33-/m1/s1. The van der Waals surface area contributed by atoms with Crippen LogP contribution in [-0.2, 0) is 22.4 Å². The number of hydrogen-bond acceptors (Lipinski definition) is 5. The molecule has 0 radical (unpaired) electrons. The smallest absolute Gasteiger partial charge is 0.410 e. The molecule has 4 aliphatic heterocycles. The summed E-state index contributed by atoms with van der Waals surface area (Å²) in [6.07, 6.45) is 5.71. The van der Waals surface area contributed by atoms with E-state index in [0.717, 1.165) is 79.3 Å². The first-order chi connectivity index (χ1) is 21.8. The molecule has 0 bridgehead atoms. The minimum absolute atomic E-state index is 0.0531. The van der Waals surface area contributed by atoms with Crippen LogP contribution in [0, 0.1) is 25.7 Å². The maximum Gasteiger partial charge on any atom is 0.410 e. The molecule has 3 fully saturated rings. The third-order valence-corrected chi connectivity index (χ3v) is 10.4. The van der Waals surface area contributed by atoms with Gasteiger partial charge in [-0.25, -0.2) is 9.59 Å². The van der Waals surface area contributed by atoms with Gasteiger partial charge in [-0.1, -0.05) is 47.5 Å². The zero-order valence-electron chi connectivity index (χ0n) is 26.9. The van der Waals surface area contributed by atoms with E-state index in [1.807, 2.05) is 28.0 Å². The summed E-state index contributed by atoms with van der Waals surface area (Å²) in [7, 11) is 0. The summed E-state index contributed by atoms with van der Waals surface area (Å²) in [5.41, 5.74) is 5.29. The number of para-hydroxylation sites is 1. The van der Waals surface area contributed by atoms with E-state index in [9.17, 15) is 14.4 Å². The Morgan fingerprint density at radius 2 is 1.49 bits per heavy atom. The number of urea groups is 1. The number of carbonyl (C=O) groups excluding carboxylic acids is 3. The van der Waals surface area contributed by atoms with E-state index in [-0.39, 0.29) is 18.0 Å². The Labute approximate surface area is 267 Å². The predicted molar refractivity (Wildman–Crippen MR) is 175 cm³/mol. The summed E-state index contributed by atoms with van der Waals surface area (Å²) >= 11 is 0. The molecule has 6 rings (SSSR count). The first-order valence-corrected chi connectivity index (χ1v) is 17.0.